The Morgan fingerprint density at radius 1 is 1.57 bits per heavy atom. The number of rotatable bonds is 4. The fourth-order valence-electron chi connectivity index (χ4n) is 1.64. The van der Waals surface area contributed by atoms with Gasteiger partial charge in [-0.15, -0.1) is 0 Å². The zero-order valence-corrected chi connectivity index (χ0v) is 9.34. The highest BCUT2D eigenvalue weighted by Gasteiger charge is 2.26. The normalized spacial score (nSPS) is 26.9. The first kappa shape index (κ1) is 11.5. The third-order valence-electron chi connectivity index (χ3n) is 2.53. The Kier molecular flexibility index (Phi) is 4.35. The zero-order chi connectivity index (χ0) is 10.6. The molecule has 0 bridgehead atoms. The van der Waals surface area contributed by atoms with Gasteiger partial charge in [-0.3, -0.25) is 4.79 Å². The molecule has 0 saturated carbocycles. The number of carbonyl (C=O) groups excluding carboxylic acids is 1. The van der Waals surface area contributed by atoms with E-state index in [1.807, 2.05) is 14.1 Å². The maximum absolute atomic E-state index is 11.6. The van der Waals surface area contributed by atoms with Crippen LogP contribution in [0.4, 0.5) is 0 Å². The van der Waals surface area contributed by atoms with E-state index < -0.39 is 0 Å². The maximum Gasteiger partial charge on any atom is 0.237 e. The fraction of sp³-hybridized carbons (Fsp3) is 0.900. The van der Waals surface area contributed by atoms with Crippen molar-refractivity contribution in [2.24, 2.45) is 5.92 Å². The van der Waals surface area contributed by atoms with Crippen molar-refractivity contribution >= 4 is 5.91 Å². The summed E-state index contributed by atoms with van der Waals surface area (Å²) in [5.41, 5.74) is 0. The number of nitrogens with one attached hydrogen (secondary N) is 2. The summed E-state index contributed by atoms with van der Waals surface area (Å²) in [6.07, 6.45) is 0.966. The number of carbonyl (C=O) groups is 1. The van der Waals surface area contributed by atoms with Gasteiger partial charge in [0, 0.05) is 13.1 Å². The molecule has 14 heavy (non-hydrogen) atoms. The van der Waals surface area contributed by atoms with E-state index in [1.54, 1.807) is 0 Å². The van der Waals surface area contributed by atoms with E-state index in [4.69, 9.17) is 0 Å². The second-order valence-corrected chi connectivity index (χ2v) is 4.40. The molecule has 2 N–H and O–H groups in total. The molecule has 1 aliphatic rings. The van der Waals surface area contributed by atoms with Gasteiger partial charge >= 0.3 is 0 Å². The lowest BCUT2D eigenvalue weighted by molar-refractivity contribution is -0.122. The summed E-state index contributed by atoms with van der Waals surface area (Å²) in [6, 6.07) is 0.0344. The van der Waals surface area contributed by atoms with E-state index in [0.29, 0.717) is 5.92 Å². The van der Waals surface area contributed by atoms with Gasteiger partial charge in [-0.2, -0.15) is 0 Å². The van der Waals surface area contributed by atoms with Gasteiger partial charge in [0.1, 0.15) is 0 Å². The van der Waals surface area contributed by atoms with E-state index in [9.17, 15) is 4.79 Å². The molecule has 4 nitrogen and oxygen atoms in total. The van der Waals surface area contributed by atoms with Crippen molar-refractivity contribution in [1.29, 1.82) is 0 Å². The van der Waals surface area contributed by atoms with Crippen LogP contribution >= 0.6 is 0 Å². The molecule has 1 amide bonds. The first-order chi connectivity index (χ1) is 6.59. The largest absolute Gasteiger partial charge is 0.353 e. The number of likely N-dealkylation sites (N-methyl/N-ethyl adjacent to an activating group) is 1. The van der Waals surface area contributed by atoms with Crippen molar-refractivity contribution in [2.75, 3.05) is 33.7 Å². The van der Waals surface area contributed by atoms with E-state index >= 15 is 0 Å². The standard InChI is InChI=1S/C10H21N3O/c1-8-6-9(12-7-8)10(14)11-4-5-13(2)3/h8-9,12H,4-7H2,1-3H3,(H,11,14)/t8-,9-/m0/s1. The summed E-state index contributed by atoms with van der Waals surface area (Å²) in [5.74, 6) is 0.774. The van der Waals surface area contributed by atoms with Crippen LogP contribution in [0, 0.1) is 5.92 Å². The Balaban J connectivity index is 2.15. The number of hydrogen-bond acceptors (Lipinski definition) is 3. The first-order valence-electron chi connectivity index (χ1n) is 5.25. The summed E-state index contributed by atoms with van der Waals surface area (Å²) < 4.78 is 0. The highest BCUT2D eigenvalue weighted by Crippen LogP contribution is 2.12. The van der Waals surface area contributed by atoms with Crippen LogP contribution in [-0.2, 0) is 4.79 Å². The summed E-state index contributed by atoms with van der Waals surface area (Å²) >= 11 is 0. The molecular formula is C10H21N3O. The highest BCUT2D eigenvalue weighted by molar-refractivity contribution is 5.82. The molecule has 1 fully saturated rings. The van der Waals surface area contributed by atoms with Crippen molar-refractivity contribution < 1.29 is 4.79 Å². The number of amides is 1. The molecule has 2 atom stereocenters. The van der Waals surface area contributed by atoms with Crippen LogP contribution in [0.15, 0.2) is 0 Å². The second kappa shape index (κ2) is 5.32. The molecule has 1 saturated heterocycles. The zero-order valence-electron chi connectivity index (χ0n) is 9.34. The van der Waals surface area contributed by atoms with E-state index in [0.717, 1.165) is 26.1 Å². The molecule has 0 radical (unpaired) electrons. The van der Waals surface area contributed by atoms with Gasteiger partial charge in [0.25, 0.3) is 0 Å². The van der Waals surface area contributed by atoms with Crippen molar-refractivity contribution in [2.45, 2.75) is 19.4 Å². The summed E-state index contributed by atoms with van der Waals surface area (Å²) in [7, 11) is 4.00. The Labute approximate surface area is 86.0 Å². The Bertz CT molecular complexity index is 194. The van der Waals surface area contributed by atoms with E-state index in [1.165, 1.54) is 0 Å². The molecule has 0 aromatic heterocycles. The molecular weight excluding hydrogens is 178 g/mol. The van der Waals surface area contributed by atoms with Gasteiger partial charge in [-0.05, 0) is 33.0 Å². The van der Waals surface area contributed by atoms with Crippen molar-refractivity contribution in [3.05, 3.63) is 0 Å². The molecule has 1 aliphatic heterocycles. The monoisotopic (exact) mass is 199 g/mol. The molecule has 0 spiro atoms. The molecule has 0 aromatic rings. The quantitative estimate of drug-likeness (QED) is 0.651. The van der Waals surface area contributed by atoms with Gasteiger partial charge < -0.3 is 15.5 Å². The van der Waals surface area contributed by atoms with Crippen molar-refractivity contribution in [3.63, 3.8) is 0 Å². The second-order valence-electron chi connectivity index (χ2n) is 4.40. The average Bonchev–Trinajstić information content (AvgIpc) is 2.51. The minimum Gasteiger partial charge on any atom is -0.353 e. The molecule has 4 heteroatoms. The third-order valence-corrected chi connectivity index (χ3v) is 2.53. The minimum absolute atomic E-state index is 0.0344. The number of hydrogen-bond donors (Lipinski definition) is 2. The Hall–Kier alpha value is -0.610. The summed E-state index contributed by atoms with van der Waals surface area (Å²) in [5, 5.41) is 6.15. The first-order valence-corrected chi connectivity index (χ1v) is 5.25. The smallest absolute Gasteiger partial charge is 0.237 e. The predicted octanol–water partition coefficient (Wildman–Crippen LogP) is -0.338. The number of nitrogens with zero attached hydrogens (tertiary/aromatic N) is 1. The Morgan fingerprint density at radius 2 is 2.29 bits per heavy atom. The van der Waals surface area contributed by atoms with Gasteiger partial charge in [-0.25, -0.2) is 0 Å². The van der Waals surface area contributed by atoms with E-state index in [-0.39, 0.29) is 11.9 Å². The van der Waals surface area contributed by atoms with Gasteiger partial charge in [0.15, 0.2) is 0 Å². The van der Waals surface area contributed by atoms with Crippen LogP contribution in [0.2, 0.25) is 0 Å². The molecule has 82 valence electrons. The molecule has 0 aromatic carbocycles. The van der Waals surface area contributed by atoms with Crippen LogP contribution in [0.5, 0.6) is 0 Å². The maximum atomic E-state index is 11.6. The van der Waals surface area contributed by atoms with Gasteiger partial charge in [0.05, 0.1) is 6.04 Å². The Morgan fingerprint density at radius 3 is 2.79 bits per heavy atom. The molecule has 1 rings (SSSR count). The lowest BCUT2D eigenvalue weighted by Crippen LogP contribution is -2.42. The lowest BCUT2D eigenvalue weighted by atomic mass is 10.1. The average molecular weight is 199 g/mol. The molecule has 1 heterocycles. The minimum atomic E-state index is 0.0344. The van der Waals surface area contributed by atoms with Crippen LogP contribution in [0.3, 0.4) is 0 Å². The van der Waals surface area contributed by atoms with Crippen molar-refractivity contribution in [1.82, 2.24) is 15.5 Å². The summed E-state index contributed by atoms with van der Waals surface area (Å²) in [4.78, 5) is 13.6. The van der Waals surface area contributed by atoms with E-state index in [2.05, 4.69) is 22.5 Å². The predicted molar refractivity (Wildman–Crippen MR) is 57.1 cm³/mol. The third kappa shape index (κ3) is 3.64. The fourth-order valence-corrected chi connectivity index (χ4v) is 1.64. The van der Waals surface area contributed by atoms with Gasteiger partial charge in [0.2, 0.25) is 5.91 Å². The van der Waals surface area contributed by atoms with Gasteiger partial charge in [-0.1, -0.05) is 6.92 Å². The highest BCUT2D eigenvalue weighted by atomic mass is 16.2. The topological polar surface area (TPSA) is 44.4 Å². The SMILES string of the molecule is C[C@@H]1CN[C@H](C(=O)NCCN(C)C)C1. The van der Waals surface area contributed by atoms with Crippen LogP contribution < -0.4 is 10.6 Å². The summed E-state index contributed by atoms with van der Waals surface area (Å²) in [6.45, 7) is 4.76. The molecule has 0 unspecified atom stereocenters. The van der Waals surface area contributed by atoms with Crippen molar-refractivity contribution in [3.8, 4) is 0 Å². The molecule has 0 aliphatic carbocycles. The van der Waals surface area contributed by atoms with Crippen LogP contribution in [0.1, 0.15) is 13.3 Å². The van der Waals surface area contributed by atoms with Crippen LogP contribution in [-0.4, -0.2) is 50.6 Å². The lowest BCUT2D eigenvalue weighted by Gasteiger charge is -2.13. The van der Waals surface area contributed by atoms with Crippen LogP contribution in [0.25, 0.3) is 0 Å².